The second-order valence-electron chi connectivity index (χ2n) is 6.46. The topological polar surface area (TPSA) is 28.4 Å². The second-order valence-corrected chi connectivity index (χ2v) is 8.75. The van der Waals surface area contributed by atoms with Crippen LogP contribution in [0.25, 0.3) is 0 Å². The van der Waals surface area contributed by atoms with E-state index in [2.05, 4.69) is 71.5 Å². The Morgan fingerprint density at radius 2 is 2.00 bits per heavy atom. The van der Waals surface area contributed by atoms with Gasteiger partial charge in [-0.25, -0.2) is 0 Å². The van der Waals surface area contributed by atoms with Crippen molar-refractivity contribution in [1.82, 2.24) is 10.2 Å². The lowest BCUT2D eigenvalue weighted by atomic mass is 10.1. The summed E-state index contributed by atoms with van der Waals surface area (Å²) in [6.45, 7) is 9.10. The molecule has 2 rings (SSSR count). The molecule has 0 spiro atoms. The van der Waals surface area contributed by atoms with Crippen LogP contribution in [-0.2, 0) is 19.6 Å². The van der Waals surface area contributed by atoms with Crippen molar-refractivity contribution in [1.29, 1.82) is 0 Å². The van der Waals surface area contributed by atoms with E-state index in [-0.39, 0.29) is 5.54 Å². The fourth-order valence-electron chi connectivity index (χ4n) is 2.03. The number of hydrogen-bond donors (Lipinski definition) is 1. The van der Waals surface area contributed by atoms with Crippen molar-refractivity contribution in [3.8, 4) is 0 Å². The third-order valence-corrected chi connectivity index (χ3v) is 4.58. The van der Waals surface area contributed by atoms with Gasteiger partial charge in [0.05, 0.1) is 16.6 Å². The quantitative estimate of drug-likeness (QED) is 0.803. The van der Waals surface area contributed by atoms with Crippen molar-refractivity contribution in [2.24, 2.45) is 0 Å². The molecule has 0 bridgehead atoms. The summed E-state index contributed by atoms with van der Waals surface area (Å²) in [6.07, 6.45) is 1.85. The minimum absolute atomic E-state index is 0.126. The Morgan fingerprint density at radius 3 is 2.62 bits per heavy atom. The van der Waals surface area contributed by atoms with E-state index in [9.17, 15) is 0 Å². The van der Waals surface area contributed by atoms with Gasteiger partial charge in [-0.2, -0.15) is 0 Å². The summed E-state index contributed by atoms with van der Waals surface area (Å²) in [5, 5.41) is 5.65. The largest absolute Gasteiger partial charge is 0.468 e. The molecule has 0 saturated heterocycles. The van der Waals surface area contributed by atoms with Crippen molar-refractivity contribution in [2.45, 2.75) is 45.9 Å². The number of halogens is 1. The van der Waals surface area contributed by atoms with Gasteiger partial charge in [-0.15, -0.1) is 11.3 Å². The maximum Gasteiger partial charge on any atom is 0.118 e. The molecular formula is C16H23BrN2OS. The van der Waals surface area contributed by atoms with Crippen LogP contribution in [0.2, 0.25) is 0 Å². The van der Waals surface area contributed by atoms with Gasteiger partial charge >= 0.3 is 0 Å². The van der Waals surface area contributed by atoms with Crippen molar-refractivity contribution >= 4 is 27.3 Å². The molecule has 0 aromatic carbocycles. The van der Waals surface area contributed by atoms with Crippen molar-refractivity contribution < 1.29 is 4.42 Å². The highest BCUT2D eigenvalue weighted by Crippen LogP contribution is 2.22. The molecule has 0 aliphatic heterocycles. The van der Waals surface area contributed by atoms with E-state index in [4.69, 9.17) is 4.42 Å². The molecule has 21 heavy (non-hydrogen) atoms. The van der Waals surface area contributed by atoms with Gasteiger partial charge in [-0.3, -0.25) is 4.90 Å². The zero-order chi connectivity index (χ0) is 15.5. The summed E-state index contributed by atoms with van der Waals surface area (Å²) in [6, 6.07) is 4.31. The van der Waals surface area contributed by atoms with Crippen LogP contribution in [0.1, 0.15) is 37.7 Å². The van der Waals surface area contributed by atoms with E-state index < -0.39 is 0 Å². The third-order valence-electron chi connectivity index (χ3n) is 3.03. The van der Waals surface area contributed by atoms with Crippen molar-refractivity contribution in [2.75, 3.05) is 7.05 Å². The molecule has 0 amide bonds. The molecule has 2 aromatic heterocycles. The lowest BCUT2D eigenvalue weighted by molar-refractivity contribution is 0.288. The minimum atomic E-state index is 0.126. The molecule has 0 atom stereocenters. The van der Waals surface area contributed by atoms with Crippen LogP contribution in [0.5, 0.6) is 0 Å². The average molecular weight is 371 g/mol. The van der Waals surface area contributed by atoms with Gasteiger partial charge in [0, 0.05) is 24.2 Å². The average Bonchev–Trinajstić information content (AvgIpc) is 2.95. The lowest BCUT2D eigenvalue weighted by Gasteiger charge is -2.19. The molecule has 0 fully saturated rings. The molecule has 5 heteroatoms. The number of hydrogen-bond acceptors (Lipinski definition) is 4. The van der Waals surface area contributed by atoms with Gasteiger partial charge in [0.25, 0.3) is 0 Å². The first-order valence-electron chi connectivity index (χ1n) is 7.04. The SMILES string of the molecule is CN(Cc1csc(Br)c1)Cc1cc(CNC(C)(C)C)co1. The number of thiophene rings is 1. The first-order chi connectivity index (χ1) is 9.82. The highest BCUT2D eigenvalue weighted by molar-refractivity contribution is 9.11. The Labute approximate surface area is 139 Å². The maximum atomic E-state index is 5.66. The first kappa shape index (κ1) is 16.7. The summed E-state index contributed by atoms with van der Waals surface area (Å²) < 4.78 is 6.84. The normalized spacial score (nSPS) is 12.3. The Bertz CT molecular complexity index is 571. The summed E-state index contributed by atoms with van der Waals surface area (Å²) >= 11 is 5.22. The molecule has 0 saturated carbocycles. The number of nitrogens with zero attached hydrogens (tertiary/aromatic N) is 1. The predicted molar refractivity (Wildman–Crippen MR) is 92.5 cm³/mol. The van der Waals surface area contributed by atoms with E-state index in [1.807, 2.05) is 6.26 Å². The van der Waals surface area contributed by atoms with Crippen molar-refractivity contribution in [3.63, 3.8) is 0 Å². The number of furan rings is 1. The zero-order valence-corrected chi connectivity index (χ0v) is 15.5. The predicted octanol–water partition coefficient (Wildman–Crippen LogP) is 4.62. The number of nitrogens with one attached hydrogen (secondary N) is 1. The van der Waals surface area contributed by atoms with E-state index in [0.717, 1.165) is 25.4 Å². The van der Waals surface area contributed by atoms with Gasteiger partial charge in [-0.05, 0) is 66.8 Å². The zero-order valence-electron chi connectivity index (χ0n) is 13.1. The molecule has 0 aliphatic rings. The second kappa shape index (κ2) is 7.09. The molecule has 116 valence electrons. The minimum Gasteiger partial charge on any atom is -0.468 e. The van der Waals surface area contributed by atoms with Crippen LogP contribution >= 0.6 is 27.3 Å². The smallest absolute Gasteiger partial charge is 0.118 e. The summed E-state index contributed by atoms with van der Waals surface area (Å²) in [5.41, 5.74) is 2.66. The van der Waals surface area contributed by atoms with Gasteiger partial charge in [0.1, 0.15) is 5.76 Å². The third kappa shape index (κ3) is 5.94. The molecular weight excluding hydrogens is 348 g/mol. The van der Waals surface area contributed by atoms with Gasteiger partial charge in [-0.1, -0.05) is 0 Å². The van der Waals surface area contributed by atoms with Crippen molar-refractivity contribution in [3.05, 3.63) is 44.4 Å². The van der Waals surface area contributed by atoms with E-state index in [1.165, 1.54) is 14.9 Å². The van der Waals surface area contributed by atoms with Crippen LogP contribution in [0, 0.1) is 0 Å². The van der Waals surface area contributed by atoms with Gasteiger partial charge < -0.3 is 9.73 Å². The molecule has 2 heterocycles. The Balaban J connectivity index is 1.84. The fraction of sp³-hybridized carbons (Fsp3) is 0.500. The number of rotatable bonds is 6. The molecule has 0 unspecified atom stereocenters. The Morgan fingerprint density at radius 1 is 1.24 bits per heavy atom. The van der Waals surface area contributed by atoms with Crippen LogP contribution in [0.3, 0.4) is 0 Å². The molecule has 0 aliphatic carbocycles. The van der Waals surface area contributed by atoms with Crippen LogP contribution < -0.4 is 5.32 Å². The van der Waals surface area contributed by atoms with Gasteiger partial charge in [0.15, 0.2) is 0 Å². The standard InChI is InChI=1S/C16H23BrN2OS/c1-16(2,3)18-7-12-5-14(20-10-12)9-19(4)8-13-6-15(17)21-11-13/h5-6,10-11,18H,7-9H2,1-4H3. The Hall–Kier alpha value is -0.620. The molecule has 2 aromatic rings. The molecule has 3 nitrogen and oxygen atoms in total. The molecule has 0 radical (unpaired) electrons. The highest BCUT2D eigenvalue weighted by Gasteiger charge is 2.11. The van der Waals surface area contributed by atoms with Crippen LogP contribution in [-0.4, -0.2) is 17.5 Å². The monoisotopic (exact) mass is 370 g/mol. The summed E-state index contributed by atoms with van der Waals surface area (Å²) in [4.78, 5) is 2.26. The Kier molecular flexibility index (Phi) is 5.66. The maximum absolute atomic E-state index is 5.66. The molecule has 1 N–H and O–H groups in total. The first-order valence-corrected chi connectivity index (χ1v) is 8.72. The van der Waals surface area contributed by atoms with E-state index in [0.29, 0.717) is 0 Å². The fourth-order valence-corrected chi connectivity index (χ4v) is 3.23. The van der Waals surface area contributed by atoms with E-state index in [1.54, 1.807) is 11.3 Å². The summed E-state index contributed by atoms with van der Waals surface area (Å²) in [5.74, 6) is 1.01. The van der Waals surface area contributed by atoms with Crippen LogP contribution in [0.15, 0.2) is 32.0 Å². The van der Waals surface area contributed by atoms with E-state index >= 15 is 0 Å². The van der Waals surface area contributed by atoms with Gasteiger partial charge in [0.2, 0.25) is 0 Å². The van der Waals surface area contributed by atoms with Crippen LogP contribution in [0.4, 0.5) is 0 Å². The summed E-state index contributed by atoms with van der Waals surface area (Å²) in [7, 11) is 2.11. The lowest BCUT2D eigenvalue weighted by Crippen LogP contribution is -2.34. The highest BCUT2D eigenvalue weighted by atomic mass is 79.9.